The van der Waals surface area contributed by atoms with Crippen molar-refractivity contribution < 1.29 is 14.3 Å². The van der Waals surface area contributed by atoms with Gasteiger partial charge in [0.1, 0.15) is 0 Å². The zero-order chi connectivity index (χ0) is 40.9. The number of carbonyl (C=O) groups excluding carboxylic acids is 2. The van der Waals surface area contributed by atoms with Crippen molar-refractivity contribution in [3.8, 4) is 0 Å². The lowest BCUT2D eigenvalue weighted by molar-refractivity contribution is 0.0600. The molecule has 0 aliphatic heterocycles. The Morgan fingerprint density at radius 1 is 0.722 bits per heavy atom. The Hall–Kier alpha value is -4.00. The smallest absolute Gasteiger partial charge is 0.339 e. The molecule has 0 bridgehead atoms. The number of anilines is 2. The number of ether oxygens (including phenoxy) is 1. The molecule has 7 N–H and O–H groups in total. The predicted octanol–water partition coefficient (Wildman–Crippen LogP) is 8.88. The van der Waals surface area contributed by atoms with Gasteiger partial charge in [-0.3, -0.25) is 14.4 Å². The van der Waals surface area contributed by atoms with E-state index in [1.165, 1.54) is 19.2 Å². The van der Waals surface area contributed by atoms with E-state index in [-0.39, 0.29) is 46.8 Å². The number of pyridine rings is 2. The molecule has 0 aliphatic rings. The Bertz CT molecular complexity index is 2050. The highest BCUT2D eigenvalue weighted by atomic mass is 35.5. The third-order valence-electron chi connectivity index (χ3n) is 8.37. The van der Waals surface area contributed by atoms with E-state index in [1.807, 2.05) is 60.6 Å². The average molecular weight is 825 g/mol. The van der Waals surface area contributed by atoms with Crippen molar-refractivity contribution in [1.29, 1.82) is 0 Å². The average Bonchev–Trinajstić information content (AvgIpc) is 3.10. The fourth-order valence-corrected chi connectivity index (χ4v) is 5.97. The molecule has 0 saturated carbocycles. The van der Waals surface area contributed by atoms with Crippen LogP contribution in [-0.4, -0.2) is 41.0 Å². The van der Waals surface area contributed by atoms with Gasteiger partial charge in [0.25, 0.3) is 17.0 Å². The second-order valence-corrected chi connectivity index (χ2v) is 14.4. The first kappa shape index (κ1) is 46.2. The van der Waals surface area contributed by atoms with Crippen molar-refractivity contribution in [2.24, 2.45) is 5.73 Å². The maximum Gasteiger partial charge on any atom is 0.339 e. The number of methoxy groups -OCH3 is 1. The van der Waals surface area contributed by atoms with Crippen LogP contribution in [0.2, 0.25) is 20.1 Å². The van der Waals surface area contributed by atoms with Gasteiger partial charge in [-0.15, -0.1) is 0 Å². The van der Waals surface area contributed by atoms with Crippen LogP contribution in [0.5, 0.6) is 0 Å². The number of esters is 1. The van der Waals surface area contributed by atoms with E-state index in [9.17, 15) is 19.2 Å². The number of rotatable bonds is 11. The molecule has 2 aromatic heterocycles. The molecule has 0 aliphatic carbocycles. The normalized spacial score (nSPS) is 11.6. The molecule has 4 aromatic rings. The largest absolute Gasteiger partial charge is 0.465 e. The molecule has 1 amide bonds. The van der Waals surface area contributed by atoms with Crippen LogP contribution < -0.4 is 32.8 Å². The van der Waals surface area contributed by atoms with Crippen molar-refractivity contribution >= 4 is 69.7 Å². The van der Waals surface area contributed by atoms with Crippen molar-refractivity contribution in [2.45, 2.75) is 93.4 Å². The molecule has 2 heterocycles. The van der Waals surface area contributed by atoms with E-state index in [1.54, 1.807) is 12.1 Å². The summed E-state index contributed by atoms with van der Waals surface area (Å²) in [5.41, 5.74) is 11.5. The summed E-state index contributed by atoms with van der Waals surface area (Å²) in [6.45, 7) is 16.0. The maximum atomic E-state index is 12.6. The lowest BCUT2D eigenvalue weighted by Crippen LogP contribution is -2.28. The third kappa shape index (κ3) is 13.4. The summed E-state index contributed by atoms with van der Waals surface area (Å²) in [5, 5.41) is 10.7. The van der Waals surface area contributed by atoms with Crippen LogP contribution >= 0.6 is 46.4 Å². The first-order chi connectivity index (χ1) is 25.4. The highest BCUT2D eigenvalue weighted by Gasteiger charge is 2.18. The number of amides is 1. The predicted molar refractivity (Wildman–Crippen MR) is 223 cm³/mol. The van der Waals surface area contributed by atoms with Gasteiger partial charge in [-0.05, 0) is 102 Å². The van der Waals surface area contributed by atoms with Crippen LogP contribution in [0.25, 0.3) is 0 Å². The maximum absolute atomic E-state index is 12.6. The van der Waals surface area contributed by atoms with Gasteiger partial charge < -0.3 is 36.4 Å². The van der Waals surface area contributed by atoms with Crippen LogP contribution in [0.15, 0.2) is 46.0 Å². The minimum absolute atomic E-state index is 0.0648. The highest BCUT2D eigenvalue weighted by molar-refractivity contribution is 6.39. The minimum Gasteiger partial charge on any atom is -0.465 e. The van der Waals surface area contributed by atoms with Gasteiger partial charge in [-0.1, -0.05) is 60.3 Å². The SMILES string of the molecule is CCC(C)Nc1cc(Cl)cc(C(=O)NCc2c(C)cc(C)[nH]c2=O)c1Cl.CCC(C)Nc1cc(Cl)cc(C(=O)OC)c1Cl.Cc1cc(C)c(CN)c(=O)[nH]1. The number of benzene rings is 2. The molecule has 15 heteroatoms. The number of halogens is 4. The molecule has 2 aromatic carbocycles. The summed E-state index contributed by atoms with van der Waals surface area (Å²) in [6, 6.07) is 10.6. The van der Waals surface area contributed by atoms with E-state index < -0.39 is 5.97 Å². The van der Waals surface area contributed by atoms with Gasteiger partial charge in [-0.2, -0.15) is 0 Å². The quantitative estimate of drug-likeness (QED) is 0.0815. The summed E-state index contributed by atoms with van der Waals surface area (Å²) in [5.74, 6) is -0.881. The molecular formula is C39H50Cl4N6O5. The minimum atomic E-state index is -0.496. The number of hydrogen-bond acceptors (Lipinski definition) is 8. The molecular weight excluding hydrogens is 774 g/mol. The summed E-state index contributed by atoms with van der Waals surface area (Å²) >= 11 is 24.6. The number of H-pyrrole nitrogens is 2. The standard InChI is InChI=1S/C19H23Cl2N3O2.C12H15Cl2NO2.C8H12N2O/c1-5-11(3)23-16-8-13(20)7-14(17(16)21)18(25)22-9-15-10(2)6-12(4)24-19(15)26;1-4-7(2)15-10-6-8(13)5-9(11(10)14)12(16)17-3;1-5-3-6(2)10-8(11)7(5)4-9/h6-8,11,23H,5,9H2,1-4H3,(H,22,25)(H,24,26);5-7,15H,4H2,1-3H3;3H,4,9H2,1-2H3,(H,10,11). The zero-order valence-corrected chi connectivity index (χ0v) is 35.1. The van der Waals surface area contributed by atoms with Crippen LogP contribution in [0.1, 0.15) is 94.9 Å². The van der Waals surface area contributed by atoms with Crippen LogP contribution in [0.3, 0.4) is 0 Å². The van der Waals surface area contributed by atoms with Gasteiger partial charge in [-0.25, -0.2) is 4.79 Å². The van der Waals surface area contributed by atoms with Crippen molar-refractivity contribution in [2.75, 3.05) is 17.7 Å². The van der Waals surface area contributed by atoms with E-state index in [2.05, 4.69) is 37.6 Å². The molecule has 2 unspecified atom stereocenters. The van der Waals surface area contributed by atoms with Crippen LogP contribution in [0, 0.1) is 27.7 Å². The van der Waals surface area contributed by atoms with Gasteiger partial charge in [0, 0.05) is 57.7 Å². The van der Waals surface area contributed by atoms with E-state index >= 15 is 0 Å². The molecule has 0 saturated heterocycles. The first-order valence-corrected chi connectivity index (χ1v) is 18.8. The number of aromatic amines is 2. The summed E-state index contributed by atoms with van der Waals surface area (Å²) in [4.78, 5) is 52.8. The Kier molecular flexibility index (Phi) is 18.6. The number of aryl methyl sites for hydroxylation is 4. The second kappa shape index (κ2) is 21.8. The van der Waals surface area contributed by atoms with Crippen molar-refractivity contribution in [3.05, 3.63) is 122 Å². The molecule has 0 fully saturated rings. The van der Waals surface area contributed by atoms with Crippen molar-refractivity contribution in [1.82, 2.24) is 15.3 Å². The van der Waals surface area contributed by atoms with Gasteiger partial charge >= 0.3 is 5.97 Å². The topological polar surface area (TPSA) is 171 Å². The molecule has 294 valence electrons. The Labute approximate surface area is 336 Å². The molecule has 0 radical (unpaired) electrons. The van der Waals surface area contributed by atoms with Gasteiger partial charge in [0.2, 0.25) is 0 Å². The monoisotopic (exact) mass is 822 g/mol. The zero-order valence-electron chi connectivity index (χ0n) is 32.1. The Morgan fingerprint density at radius 2 is 1.15 bits per heavy atom. The second-order valence-electron chi connectivity index (χ2n) is 12.8. The summed E-state index contributed by atoms with van der Waals surface area (Å²) < 4.78 is 4.65. The Balaban J connectivity index is 0.000000308. The highest BCUT2D eigenvalue weighted by Crippen LogP contribution is 2.32. The first-order valence-electron chi connectivity index (χ1n) is 17.3. The van der Waals surface area contributed by atoms with E-state index in [0.717, 1.165) is 35.4 Å². The lowest BCUT2D eigenvalue weighted by Gasteiger charge is -2.17. The molecule has 4 rings (SSSR count). The molecule has 11 nitrogen and oxygen atoms in total. The fourth-order valence-electron chi connectivity index (χ4n) is 5.05. The van der Waals surface area contributed by atoms with Crippen LogP contribution in [0.4, 0.5) is 11.4 Å². The fraction of sp³-hybridized carbons (Fsp3) is 0.385. The van der Waals surface area contributed by atoms with Crippen LogP contribution in [-0.2, 0) is 17.8 Å². The number of aromatic nitrogens is 2. The number of nitrogens with one attached hydrogen (secondary N) is 5. The summed E-state index contributed by atoms with van der Waals surface area (Å²) in [7, 11) is 1.31. The van der Waals surface area contributed by atoms with E-state index in [0.29, 0.717) is 49.1 Å². The van der Waals surface area contributed by atoms with Gasteiger partial charge in [0.15, 0.2) is 0 Å². The lowest BCUT2D eigenvalue weighted by atomic mass is 10.1. The number of carbonyl (C=O) groups is 2. The third-order valence-corrected chi connectivity index (χ3v) is 9.62. The number of hydrogen-bond donors (Lipinski definition) is 6. The number of nitrogens with two attached hydrogens (primary N) is 1. The molecule has 2 atom stereocenters. The molecule has 54 heavy (non-hydrogen) atoms. The van der Waals surface area contributed by atoms with Crippen molar-refractivity contribution in [3.63, 3.8) is 0 Å². The summed E-state index contributed by atoms with van der Waals surface area (Å²) in [6.07, 6.45) is 1.84. The van der Waals surface area contributed by atoms with E-state index in [4.69, 9.17) is 52.1 Å². The van der Waals surface area contributed by atoms with Gasteiger partial charge in [0.05, 0.1) is 39.7 Å². The Morgan fingerprint density at radius 3 is 1.56 bits per heavy atom. The molecule has 0 spiro atoms.